The van der Waals surface area contributed by atoms with Crippen molar-refractivity contribution in [1.29, 1.82) is 0 Å². The van der Waals surface area contributed by atoms with Gasteiger partial charge in [-0.15, -0.1) is 0 Å². The minimum Gasteiger partial charge on any atom is -0.326 e. The van der Waals surface area contributed by atoms with E-state index in [0.717, 1.165) is 34.8 Å². The van der Waals surface area contributed by atoms with E-state index in [0.29, 0.717) is 11.8 Å². The lowest BCUT2D eigenvalue weighted by Crippen LogP contribution is -2.16. The summed E-state index contributed by atoms with van der Waals surface area (Å²) in [6.07, 6.45) is 0.120. The predicted molar refractivity (Wildman–Crippen MR) is 129 cm³/mol. The summed E-state index contributed by atoms with van der Waals surface area (Å²) in [5.74, 6) is -2.65. The van der Waals surface area contributed by atoms with Crippen LogP contribution in [0.15, 0.2) is 77.7 Å². The van der Waals surface area contributed by atoms with E-state index < -0.39 is 26.6 Å². The van der Waals surface area contributed by atoms with Gasteiger partial charge in [0.1, 0.15) is 0 Å². The lowest BCUT2D eigenvalue weighted by molar-refractivity contribution is -0.115. The van der Waals surface area contributed by atoms with Crippen molar-refractivity contribution in [3.05, 3.63) is 101 Å². The molecule has 0 radical (unpaired) electrons. The summed E-state index contributed by atoms with van der Waals surface area (Å²) < 4.78 is 55.4. The van der Waals surface area contributed by atoms with Gasteiger partial charge >= 0.3 is 0 Å². The first-order valence-corrected chi connectivity index (χ1v) is 12.1. The number of benzene rings is 3. The molecular weight excluding hydrogens is 474 g/mol. The van der Waals surface area contributed by atoms with Crippen LogP contribution in [0.5, 0.6) is 0 Å². The Morgan fingerprint density at radius 3 is 2.23 bits per heavy atom. The van der Waals surface area contributed by atoms with Crippen LogP contribution < -0.4 is 10.0 Å². The number of nitrogens with one attached hydrogen (secondary N) is 2. The number of hydrogen-bond donors (Lipinski definition) is 2. The summed E-state index contributed by atoms with van der Waals surface area (Å²) in [5.41, 5.74) is 4.01. The normalized spacial score (nSPS) is 11.3. The van der Waals surface area contributed by atoms with Crippen LogP contribution in [0.25, 0.3) is 5.69 Å². The van der Waals surface area contributed by atoms with Crippen LogP contribution in [0.4, 0.5) is 20.2 Å². The Hall–Kier alpha value is -4.05. The molecule has 0 aliphatic heterocycles. The van der Waals surface area contributed by atoms with E-state index in [9.17, 15) is 22.0 Å². The maximum Gasteiger partial charge on any atom is 0.261 e. The van der Waals surface area contributed by atoms with E-state index in [1.54, 1.807) is 4.68 Å². The molecule has 10 heteroatoms. The van der Waals surface area contributed by atoms with E-state index in [1.165, 1.54) is 24.3 Å². The molecule has 0 bridgehead atoms. The molecule has 3 aromatic carbocycles. The Morgan fingerprint density at radius 2 is 1.57 bits per heavy atom. The Morgan fingerprint density at radius 1 is 0.914 bits per heavy atom. The number of halogens is 2. The summed E-state index contributed by atoms with van der Waals surface area (Å²) in [5, 5.41) is 7.33. The number of carbonyl (C=O) groups excluding carboxylic acids is 1. The Kier molecular flexibility index (Phi) is 6.65. The second-order valence-corrected chi connectivity index (χ2v) is 9.56. The number of sulfonamides is 1. The Balaban J connectivity index is 1.42. The summed E-state index contributed by atoms with van der Waals surface area (Å²) >= 11 is 0. The first kappa shape index (κ1) is 24.1. The maximum atomic E-state index is 13.4. The third kappa shape index (κ3) is 5.38. The molecule has 0 aliphatic carbocycles. The quantitative estimate of drug-likeness (QED) is 0.386. The fraction of sp³-hybridized carbons (Fsp3) is 0.120. The van der Waals surface area contributed by atoms with Gasteiger partial charge in [0.05, 0.1) is 22.7 Å². The standard InChI is InChI=1S/C25H22F2N4O3S/c1-16-22(17(2)31(29-16)20-6-4-3-5-7-20)15-25(32)28-18-8-10-19(11-9-18)30-35(33,34)21-12-13-23(26)24(27)14-21/h3-14,30H,15H2,1-2H3,(H,28,32). The van der Waals surface area contributed by atoms with Crippen LogP contribution in [-0.4, -0.2) is 24.1 Å². The molecule has 1 amide bonds. The van der Waals surface area contributed by atoms with Gasteiger partial charge < -0.3 is 5.32 Å². The minimum absolute atomic E-state index is 0.120. The van der Waals surface area contributed by atoms with E-state index >= 15 is 0 Å². The van der Waals surface area contributed by atoms with Gasteiger partial charge in [0.2, 0.25) is 5.91 Å². The predicted octanol–water partition coefficient (Wildman–Crippen LogP) is 4.75. The number of nitrogens with zero attached hydrogens (tertiary/aromatic N) is 2. The zero-order valence-corrected chi connectivity index (χ0v) is 19.7. The third-order valence-electron chi connectivity index (χ3n) is 5.40. The number of aromatic nitrogens is 2. The van der Waals surface area contributed by atoms with Crippen molar-refractivity contribution in [3.8, 4) is 5.69 Å². The van der Waals surface area contributed by atoms with Crippen LogP contribution in [0, 0.1) is 25.5 Å². The molecule has 4 rings (SSSR count). The molecule has 0 aliphatic rings. The SMILES string of the molecule is Cc1nn(-c2ccccc2)c(C)c1CC(=O)Nc1ccc(NS(=O)(=O)c2ccc(F)c(F)c2)cc1. The second-order valence-electron chi connectivity index (χ2n) is 7.88. The summed E-state index contributed by atoms with van der Waals surface area (Å²) in [7, 11) is -4.11. The fourth-order valence-electron chi connectivity index (χ4n) is 3.60. The van der Waals surface area contributed by atoms with E-state index in [2.05, 4.69) is 15.1 Å². The summed E-state index contributed by atoms with van der Waals surface area (Å²) in [6.45, 7) is 3.76. The van der Waals surface area contributed by atoms with Crippen LogP contribution >= 0.6 is 0 Å². The zero-order valence-electron chi connectivity index (χ0n) is 18.9. The molecule has 0 fully saturated rings. The van der Waals surface area contributed by atoms with Gasteiger partial charge in [-0.3, -0.25) is 9.52 Å². The van der Waals surface area contributed by atoms with Gasteiger partial charge in [-0.2, -0.15) is 5.10 Å². The van der Waals surface area contributed by atoms with Gasteiger partial charge in [-0.25, -0.2) is 21.9 Å². The second kappa shape index (κ2) is 9.67. The molecule has 2 N–H and O–H groups in total. The molecule has 1 aromatic heterocycles. The minimum atomic E-state index is -4.11. The highest BCUT2D eigenvalue weighted by Crippen LogP contribution is 2.22. The molecule has 0 saturated heterocycles. The molecule has 0 spiro atoms. The third-order valence-corrected chi connectivity index (χ3v) is 6.78. The van der Waals surface area contributed by atoms with E-state index in [-0.39, 0.29) is 18.0 Å². The highest BCUT2D eigenvalue weighted by Gasteiger charge is 2.18. The van der Waals surface area contributed by atoms with Crippen LogP contribution in [0.2, 0.25) is 0 Å². The summed E-state index contributed by atoms with van der Waals surface area (Å²) in [6, 6.07) is 17.9. The molecule has 0 unspecified atom stereocenters. The van der Waals surface area contributed by atoms with Crippen molar-refractivity contribution >= 4 is 27.3 Å². The Bertz CT molecular complexity index is 1490. The van der Waals surface area contributed by atoms with Crippen molar-refractivity contribution in [2.75, 3.05) is 10.0 Å². The van der Waals surface area contributed by atoms with Crippen molar-refractivity contribution in [2.24, 2.45) is 0 Å². The highest BCUT2D eigenvalue weighted by molar-refractivity contribution is 7.92. The van der Waals surface area contributed by atoms with Gasteiger partial charge in [-0.1, -0.05) is 18.2 Å². The number of aryl methyl sites for hydroxylation is 1. The molecule has 7 nitrogen and oxygen atoms in total. The molecule has 1 heterocycles. The van der Waals surface area contributed by atoms with Crippen molar-refractivity contribution in [2.45, 2.75) is 25.2 Å². The molecule has 4 aromatic rings. The van der Waals surface area contributed by atoms with E-state index in [4.69, 9.17) is 0 Å². The van der Waals surface area contributed by atoms with Crippen molar-refractivity contribution < 1.29 is 22.0 Å². The van der Waals surface area contributed by atoms with Crippen LogP contribution in [0.1, 0.15) is 17.0 Å². The lowest BCUT2D eigenvalue weighted by Gasteiger charge is -2.10. The Labute approximate surface area is 201 Å². The monoisotopic (exact) mass is 496 g/mol. The first-order valence-electron chi connectivity index (χ1n) is 10.6. The largest absolute Gasteiger partial charge is 0.326 e. The summed E-state index contributed by atoms with van der Waals surface area (Å²) in [4.78, 5) is 12.3. The van der Waals surface area contributed by atoms with Crippen molar-refractivity contribution in [3.63, 3.8) is 0 Å². The smallest absolute Gasteiger partial charge is 0.261 e. The average molecular weight is 497 g/mol. The number of amides is 1. The lowest BCUT2D eigenvalue weighted by atomic mass is 10.1. The van der Waals surface area contributed by atoms with Gasteiger partial charge in [0.25, 0.3) is 10.0 Å². The topological polar surface area (TPSA) is 93.1 Å². The number of hydrogen-bond acceptors (Lipinski definition) is 4. The first-order chi connectivity index (χ1) is 16.6. The number of carbonyl (C=O) groups is 1. The van der Waals surface area contributed by atoms with Crippen LogP contribution in [0.3, 0.4) is 0 Å². The molecule has 180 valence electrons. The van der Waals surface area contributed by atoms with Gasteiger partial charge in [0, 0.05) is 22.6 Å². The van der Waals surface area contributed by atoms with Gasteiger partial charge in [-0.05, 0) is 68.4 Å². The average Bonchev–Trinajstić information content (AvgIpc) is 3.10. The molecule has 0 saturated carbocycles. The van der Waals surface area contributed by atoms with Gasteiger partial charge in [0.15, 0.2) is 11.6 Å². The van der Waals surface area contributed by atoms with E-state index in [1.807, 2.05) is 44.2 Å². The number of rotatable bonds is 7. The zero-order chi connectivity index (χ0) is 25.2. The number of anilines is 2. The molecule has 0 atom stereocenters. The number of para-hydroxylation sites is 1. The highest BCUT2D eigenvalue weighted by atomic mass is 32.2. The molecular formula is C25H22F2N4O3S. The fourth-order valence-corrected chi connectivity index (χ4v) is 4.67. The maximum absolute atomic E-state index is 13.4. The van der Waals surface area contributed by atoms with Crippen LogP contribution in [-0.2, 0) is 21.2 Å². The molecule has 35 heavy (non-hydrogen) atoms. The van der Waals surface area contributed by atoms with Crippen molar-refractivity contribution in [1.82, 2.24) is 9.78 Å².